The standard InChI is InChI=1S/C12H18O2/c1-5-9-12(8-4,10-6-2)14-11(13)7-3/h5-7H,1-3,8-10H2,4H3. The average Bonchev–Trinajstić information content (AvgIpc) is 2.18. The fraction of sp³-hybridized carbons (Fsp3) is 0.417. The number of rotatable bonds is 7. The van der Waals surface area contributed by atoms with Gasteiger partial charge in [0.2, 0.25) is 0 Å². The van der Waals surface area contributed by atoms with Crippen molar-refractivity contribution in [2.75, 3.05) is 0 Å². The molecule has 0 bridgehead atoms. The highest BCUT2D eigenvalue weighted by Gasteiger charge is 2.28. The Labute approximate surface area is 86.0 Å². The summed E-state index contributed by atoms with van der Waals surface area (Å²) in [5.41, 5.74) is -0.491. The van der Waals surface area contributed by atoms with Gasteiger partial charge in [0, 0.05) is 18.9 Å². The van der Waals surface area contributed by atoms with Gasteiger partial charge in [0.1, 0.15) is 5.60 Å². The fourth-order valence-corrected chi connectivity index (χ4v) is 1.31. The Morgan fingerprint density at radius 1 is 1.29 bits per heavy atom. The molecule has 78 valence electrons. The molecule has 0 aliphatic heterocycles. The molecular formula is C12H18O2. The quantitative estimate of drug-likeness (QED) is 0.354. The van der Waals surface area contributed by atoms with E-state index in [1.807, 2.05) is 6.92 Å². The number of hydrogen-bond donors (Lipinski definition) is 0. The van der Waals surface area contributed by atoms with E-state index in [4.69, 9.17) is 4.74 Å². The van der Waals surface area contributed by atoms with Crippen LogP contribution in [0.25, 0.3) is 0 Å². The number of carbonyl (C=O) groups is 1. The molecule has 0 N–H and O–H groups in total. The van der Waals surface area contributed by atoms with Gasteiger partial charge < -0.3 is 4.74 Å². The lowest BCUT2D eigenvalue weighted by Crippen LogP contribution is -2.32. The lowest BCUT2D eigenvalue weighted by molar-refractivity contribution is -0.153. The molecule has 2 nitrogen and oxygen atoms in total. The second kappa shape index (κ2) is 6.19. The zero-order valence-electron chi connectivity index (χ0n) is 8.79. The van der Waals surface area contributed by atoms with Crippen LogP contribution in [0.5, 0.6) is 0 Å². The predicted molar refractivity (Wildman–Crippen MR) is 58.9 cm³/mol. The predicted octanol–water partition coefficient (Wildman–Crippen LogP) is 3.02. The monoisotopic (exact) mass is 194 g/mol. The zero-order chi connectivity index (χ0) is 11.0. The number of hydrogen-bond acceptors (Lipinski definition) is 2. The molecule has 0 radical (unpaired) electrons. The van der Waals surface area contributed by atoms with Crippen LogP contribution in [0, 0.1) is 0 Å². The van der Waals surface area contributed by atoms with Crippen LogP contribution in [0.15, 0.2) is 38.0 Å². The largest absolute Gasteiger partial charge is 0.455 e. The summed E-state index contributed by atoms with van der Waals surface area (Å²) in [6, 6.07) is 0. The minimum atomic E-state index is -0.491. The van der Waals surface area contributed by atoms with Crippen LogP contribution in [0.4, 0.5) is 0 Å². The van der Waals surface area contributed by atoms with Gasteiger partial charge in [-0.15, -0.1) is 13.2 Å². The molecule has 0 saturated heterocycles. The summed E-state index contributed by atoms with van der Waals surface area (Å²) in [7, 11) is 0. The van der Waals surface area contributed by atoms with Crippen molar-refractivity contribution < 1.29 is 9.53 Å². The minimum Gasteiger partial charge on any atom is -0.455 e. The summed E-state index contributed by atoms with van der Waals surface area (Å²) < 4.78 is 5.32. The highest BCUT2D eigenvalue weighted by molar-refractivity contribution is 5.81. The first-order valence-electron chi connectivity index (χ1n) is 4.71. The van der Waals surface area contributed by atoms with Crippen LogP contribution in [-0.2, 0) is 9.53 Å². The van der Waals surface area contributed by atoms with E-state index in [9.17, 15) is 4.79 Å². The number of ether oxygens (including phenoxy) is 1. The molecule has 0 rings (SSSR count). The van der Waals surface area contributed by atoms with Gasteiger partial charge in [-0.3, -0.25) is 0 Å². The van der Waals surface area contributed by atoms with Gasteiger partial charge >= 0.3 is 5.97 Å². The van der Waals surface area contributed by atoms with Gasteiger partial charge in [0.25, 0.3) is 0 Å². The molecule has 14 heavy (non-hydrogen) atoms. The smallest absolute Gasteiger partial charge is 0.330 e. The Morgan fingerprint density at radius 3 is 2.07 bits per heavy atom. The van der Waals surface area contributed by atoms with E-state index in [0.717, 1.165) is 6.42 Å². The van der Waals surface area contributed by atoms with Crippen LogP contribution in [0.2, 0.25) is 0 Å². The molecule has 0 fully saturated rings. The summed E-state index contributed by atoms with van der Waals surface area (Å²) in [4.78, 5) is 11.1. The first-order chi connectivity index (χ1) is 6.64. The molecule has 0 aromatic rings. The highest BCUT2D eigenvalue weighted by Crippen LogP contribution is 2.26. The molecule has 0 saturated carbocycles. The summed E-state index contributed by atoms with van der Waals surface area (Å²) in [6.07, 6.45) is 6.69. The van der Waals surface area contributed by atoms with Crippen LogP contribution in [-0.4, -0.2) is 11.6 Å². The Balaban J connectivity index is 4.62. The van der Waals surface area contributed by atoms with E-state index in [1.54, 1.807) is 12.2 Å². The van der Waals surface area contributed by atoms with Crippen LogP contribution >= 0.6 is 0 Å². The Kier molecular flexibility index (Phi) is 5.61. The van der Waals surface area contributed by atoms with Crippen molar-refractivity contribution in [3.8, 4) is 0 Å². The minimum absolute atomic E-state index is 0.393. The lowest BCUT2D eigenvalue weighted by Gasteiger charge is -2.30. The molecule has 0 aliphatic rings. The van der Waals surface area contributed by atoms with Crippen molar-refractivity contribution in [1.29, 1.82) is 0 Å². The molecule has 0 heterocycles. The maximum atomic E-state index is 11.1. The third kappa shape index (κ3) is 3.60. The van der Waals surface area contributed by atoms with E-state index in [1.165, 1.54) is 6.08 Å². The molecule has 0 atom stereocenters. The van der Waals surface area contributed by atoms with Gasteiger partial charge in [-0.1, -0.05) is 25.7 Å². The number of esters is 1. The van der Waals surface area contributed by atoms with Crippen molar-refractivity contribution in [3.05, 3.63) is 38.0 Å². The molecule has 0 aliphatic carbocycles. The average molecular weight is 194 g/mol. The maximum absolute atomic E-state index is 11.1. The molecule has 0 aromatic carbocycles. The molecule has 0 spiro atoms. The molecule has 0 aromatic heterocycles. The SMILES string of the molecule is C=CCC(CC)(CC=C)OC(=O)C=C. The van der Waals surface area contributed by atoms with Crippen molar-refractivity contribution in [1.82, 2.24) is 0 Å². The van der Waals surface area contributed by atoms with Gasteiger partial charge in [-0.25, -0.2) is 4.79 Å². The van der Waals surface area contributed by atoms with Crippen molar-refractivity contribution in [3.63, 3.8) is 0 Å². The van der Waals surface area contributed by atoms with E-state index in [-0.39, 0.29) is 0 Å². The molecular weight excluding hydrogens is 176 g/mol. The van der Waals surface area contributed by atoms with E-state index in [0.29, 0.717) is 12.8 Å². The van der Waals surface area contributed by atoms with Crippen LogP contribution < -0.4 is 0 Å². The summed E-state index contributed by atoms with van der Waals surface area (Å²) >= 11 is 0. The molecule has 0 unspecified atom stereocenters. The summed E-state index contributed by atoms with van der Waals surface area (Å²) in [5, 5.41) is 0. The second-order valence-electron chi connectivity index (χ2n) is 3.15. The lowest BCUT2D eigenvalue weighted by atomic mass is 9.92. The normalized spacial score (nSPS) is 10.4. The van der Waals surface area contributed by atoms with Crippen LogP contribution in [0.1, 0.15) is 26.2 Å². The Bertz CT molecular complexity index is 218. The van der Waals surface area contributed by atoms with E-state index < -0.39 is 11.6 Å². The van der Waals surface area contributed by atoms with Crippen molar-refractivity contribution >= 4 is 5.97 Å². The number of carbonyl (C=O) groups excluding carboxylic acids is 1. The van der Waals surface area contributed by atoms with Gasteiger partial charge in [-0.05, 0) is 6.42 Å². The zero-order valence-corrected chi connectivity index (χ0v) is 8.79. The molecule has 2 heteroatoms. The van der Waals surface area contributed by atoms with Gasteiger partial charge in [0.05, 0.1) is 0 Å². The molecule has 0 amide bonds. The van der Waals surface area contributed by atoms with Crippen molar-refractivity contribution in [2.24, 2.45) is 0 Å². The van der Waals surface area contributed by atoms with Gasteiger partial charge in [-0.2, -0.15) is 0 Å². The first-order valence-corrected chi connectivity index (χ1v) is 4.71. The second-order valence-corrected chi connectivity index (χ2v) is 3.15. The third-order valence-corrected chi connectivity index (χ3v) is 2.16. The van der Waals surface area contributed by atoms with Crippen molar-refractivity contribution in [2.45, 2.75) is 31.8 Å². The third-order valence-electron chi connectivity index (χ3n) is 2.16. The first kappa shape index (κ1) is 12.7. The highest BCUT2D eigenvalue weighted by atomic mass is 16.6. The summed E-state index contributed by atoms with van der Waals surface area (Å²) in [5.74, 6) is -0.393. The Morgan fingerprint density at radius 2 is 1.79 bits per heavy atom. The van der Waals surface area contributed by atoms with Crippen LogP contribution in [0.3, 0.4) is 0 Å². The topological polar surface area (TPSA) is 26.3 Å². The van der Waals surface area contributed by atoms with Gasteiger partial charge in [0.15, 0.2) is 0 Å². The maximum Gasteiger partial charge on any atom is 0.330 e. The summed E-state index contributed by atoms with van der Waals surface area (Å²) in [6.45, 7) is 12.7. The Hall–Kier alpha value is -1.31. The van der Waals surface area contributed by atoms with E-state index >= 15 is 0 Å². The fourth-order valence-electron chi connectivity index (χ4n) is 1.31. The van der Waals surface area contributed by atoms with E-state index in [2.05, 4.69) is 19.7 Å².